The number of benzene rings is 1. The molecule has 0 atom stereocenters. The van der Waals surface area contributed by atoms with Crippen LogP contribution in [0.5, 0.6) is 0 Å². The van der Waals surface area contributed by atoms with E-state index >= 15 is 0 Å². The second-order valence-electron chi connectivity index (χ2n) is 2.47. The van der Waals surface area contributed by atoms with E-state index in [-0.39, 0.29) is 5.78 Å². The fraction of sp³-hybridized carbons (Fsp3) is 0.222. The van der Waals surface area contributed by atoms with Crippen LogP contribution in [0, 0.1) is 0 Å². The van der Waals surface area contributed by atoms with Gasteiger partial charge in [0.15, 0.2) is 5.78 Å². The average Bonchev–Trinajstić information content (AvgIpc) is 2.16. The molecule has 0 radical (unpaired) electrons. The van der Waals surface area contributed by atoms with E-state index in [1.807, 2.05) is 19.1 Å². The third-order valence-electron chi connectivity index (χ3n) is 1.70. The Morgan fingerprint density at radius 3 is 2.75 bits per heavy atom. The van der Waals surface area contributed by atoms with Crippen molar-refractivity contribution in [3.8, 4) is 0 Å². The summed E-state index contributed by atoms with van der Waals surface area (Å²) in [4.78, 5) is 11.3. The Morgan fingerprint density at radius 1 is 1.50 bits per heavy atom. The Morgan fingerprint density at radius 2 is 2.17 bits per heavy atom. The SMILES string of the molecule is CCC(=O)c1ccccc1NN. The largest absolute Gasteiger partial charge is 0.323 e. The zero-order valence-corrected chi connectivity index (χ0v) is 7.00. The van der Waals surface area contributed by atoms with Gasteiger partial charge < -0.3 is 5.43 Å². The molecule has 0 unspecified atom stereocenters. The summed E-state index contributed by atoms with van der Waals surface area (Å²) in [6.07, 6.45) is 0.499. The summed E-state index contributed by atoms with van der Waals surface area (Å²) in [7, 11) is 0. The number of nitrogens with two attached hydrogens (primary N) is 1. The molecule has 0 saturated heterocycles. The predicted molar refractivity (Wildman–Crippen MR) is 48.9 cm³/mol. The van der Waals surface area contributed by atoms with E-state index in [0.29, 0.717) is 17.7 Å². The van der Waals surface area contributed by atoms with Crippen LogP contribution in [0.3, 0.4) is 0 Å². The number of hydrogen-bond donors (Lipinski definition) is 2. The van der Waals surface area contributed by atoms with Crippen molar-refractivity contribution in [2.24, 2.45) is 5.84 Å². The molecule has 0 saturated carbocycles. The minimum Gasteiger partial charge on any atom is -0.323 e. The van der Waals surface area contributed by atoms with E-state index in [1.54, 1.807) is 12.1 Å². The highest BCUT2D eigenvalue weighted by molar-refractivity contribution is 6.00. The molecule has 1 aromatic carbocycles. The number of Topliss-reactive ketones (excluding diaryl/α,β-unsaturated/α-hetero) is 1. The summed E-state index contributed by atoms with van der Waals surface area (Å²) in [5, 5.41) is 0. The molecule has 0 aliphatic carbocycles. The molecular weight excluding hydrogens is 152 g/mol. The van der Waals surface area contributed by atoms with Gasteiger partial charge in [0.25, 0.3) is 0 Å². The number of para-hydroxylation sites is 1. The molecule has 64 valence electrons. The molecule has 1 rings (SSSR count). The maximum atomic E-state index is 11.3. The first-order valence-electron chi connectivity index (χ1n) is 3.88. The fourth-order valence-electron chi connectivity index (χ4n) is 1.04. The molecule has 0 heterocycles. The van der Waals surface area contributed by atoms with E-state index < -0.39 is 0 Å². The summed E-state index contributed by atoms with van der Waals surface area (Å²) in [5.41, 5.74) is 3.83. The van der Waals surface area contributed by atoms with E-state index in [0.717, 1.165) is 0 Å². The van der Waals surface area contributed by atoms with Gasteiger partial charge in [0.05, 0.1) is 5.69 Å². The maximum absolute atomic E-state index is 11.3. The van der Waals surface area contributed by atoms with Crippen LogP contribution < -0.4 is 11.3 Å². The van der Waals surface area contributed by atoms with Gasteiger partial charge in [-0.05, 0) is 12.1 Å². The number of carbonyl (C=O) groups is 1. The molecule has 3 heteroatoms. The Balaban J connectivity index is 3.04. The quantitative estimate of drug-likeness (QED) is 0.405. The van der Waals surface area contributed by atoms with Gasteiger partial charge in [0.1, 0.15) is 0 Å². The summed E-state index contributed by atoms with van der Waals surface area (Å²) >= 11 is 0. The smallest absolute Gasteiger partial charge is 0.164 e. The second kappa shape index (κ2) is 3.88. The minimum absolute atomic E-state index is 0.101. The lowest BCUT2D eigenvalue weighted by atomic mass is 10.1. The molecular formula is C9H12N2O. The van der Waals surface area contributed by atoms with Crippen molar-refractivity contribution in [2.45, 2.75) is 13.3 Å². The van der Waals surface area contributed by atoms with Gasteiger partial charge in [-0.2, -0.15) is 0 Å². The number of hydrazine groups is 1. The van der Waals surface area contributed by atoms with Gasteiger partial charge in [0, 0.05) is 12.0 Å². The van der Waals surface area contributed by atoms with Gasteiger partial charge in [-0.25, -0.2) is 0 Å². The normalized spacial score (nSPS) is 9.50. The minimum atomic E-state index is 0.101. The summed E-state index contributed by atoms with van der Waals surface area (Å²) < 4.78 is 0. The number of rotatable bonds is 3. The van der Waals surface area contributed by atoms with Crippen LogP contribution in [0.15, 0.2) is 24.3 Å². The average molecular weight is 164 g/mol. The third kappa shape index (κ3) is 1.62. The Kier molecular flexibility index (Phi) is 2.82. The van der Waals surface area contributed by atoms with E-state index in [4.69, 9.17) is 5.84 Å². The van der Waals surface area contributed by atoms with Gasteiger partial charge in [-0.3, -0.25) is 10.6 Å². The van der Waals surface area contributed by atoms with Crippen molar-refractivity contribution < 1.29 is 4.79 Å². The van der Waals surface area contributed by atoms with Crippen molar-refractivity contribution in [1.82, 2.24) is 0 Å². The monoisotopic (exact) mass is 164 g/mol. The Labute approximate surface area is 71.5 Å². The standard InChI is InChI=1S/C9H12N2O/c1-2-9(12)7-5-3-4-6-8(7)11-10/h3-6,11H,2,10H2,1H3. The maximum Gasteiger partial charge on any atom is 0.164 e. The first kappa shape index (κ1) is 8.74. The zero-order chi connectivity index (χ0) is 8.97. The third-order valence-corrected chi connectivity index (χ3v) is 1.70. The van der Waals surface area contributed by atoms with Crippen molar-refractivity contribution in [3.05, 3.63) is 29.8 Å². The zero-order valence-electron chi connectivity index (χ0n) is 7.00. The topological polar surface area (TPSA) is 55.1 Å². The first-order valence-corrected chi connectivity index (χ1v) is 3.88. The highest BCUT2D eigenvalue weighted by Crippen LogP contribution is 2.14. The number of carbonyl (C=O) groups excluding carboxylic acids is 1. The molecule has 3 nitrogen and oxygen atoms in total. The first-order chi connectivity index (χ1) is 5.79. The highest BCUT2D eigenvalue weighted by atomic mass is 16.1. The number of hydrogen-bond acceptors (Lipinski definition) is 3. The van der Waals surface area contributed by atoms with Crippen LogP contribution in [-0.4, -0.2) is 5.78 Å². The molecule has 0 fully saturated rings. The van der Waals surface area contributed by atoms with E-state index in [2.05, 4.69) is 5.43 Å². The molecule has 0 aliphatic rings. The van der Waals surface area contributed by atoms with Crippen LogP contribution >= 0.6 is 0 Å². The highest BCUT2D eigenvalue weighted by Gasteiger charge is 2.06. The molecule has 12 heavy (non-hydrogen) atoms. The summed E-state index contributed by atoms with van der Waals surface area (Å²) in [6.45, 7) is 1.83. The molecule has 3 N–H and O–H groups in total. The number of anilines is 1. The fourth-order valence-corrected chi connectivity index (χ4v) is 1.04. The lowest BCUT2D eigenvalue weighted by Gasteiger charge is -2.05. The summed E-state index contributed by atoms with van der Waals surface area (Å²) in [5.74, 6) is 5.34. The van der Waals surface area contributed by atoms with Crippen molar-refractivity contribution >= 4 is 11.5 Å². The van der Waals surface area contributed by atoms with Crippen LogP contribution in [0.25, 0.3) is 0 Å². The van der Waals surface area contributed by atoms with Crippen molar-refractivity contribution in [3.63, 3.8) is 0 Å². The van der Waals surface area contributed by atoms with E-state index in [9.17, 15) is 4.79 Å². The lowest BCUT2D eigenvalue weighted by molar-refractivity contribution is 0.0989. The van der Waals surface area contributed by atoms with E-state index in [1.165, 1.54) is 0 Å². The van der Waals surface area contributed by atoms with Gasteiger partial charge in [-0.1, -0.05) is 19.1 Å². The van der Waals surface area contributed by atoms with Gasteiger partial charge in [-0.15, -0.1) is 0 Å². The van der Waals surface area contributed by atoms with Crippen LogP contribution in [0.4, 0.5) is 5.69 Å². The van der Waals surface area contributed by atoms with Crippen LogP contribution in [-0.2, 0) is 0 Å². The molecule has 1 aromatic rings. The molecule has 0 amide bonds. The Bertz CT molecular complexity index is 284. The molecule has 0 bridgehead atoms. The number of nitrogens with one attached hydrogen (secondary N) is 1. The van der Waals surface area contributed by atoms with Crippen molar-refractivity contribution in [2.75, 3.05) is 5.43 Å². The number of nitrogen functional groups attached to an aromatic ring is 1. The predicted octanol–water partition coefficient (Wildman–Crippen LogP) is 1.56. The molecule has 0 aromatic heterocycles. The van der Waals surface area contributed by atoms with Crippen LogP contribution in [0.2, 0.25) is 0 Å². The van der Waals surface area contributed by atoms with Crippen molar-refractivity contribution in [1.29, 1.82) is 0 Å². The van der Waals surface area contributed by atoms with Crippen LogP contribution in [0.1, 0.15) is 23.7 Å². The van der Waals surface area contributed by atoms with Gasteiger partial charge >= 0.3 is 0 Å². The second-order valence-corrected chi connectivity index (χ2v) is 2.47. The molecule has 0 aliphatic heterocycles. The lowest BCUT2D eigenvalue weighted by Crippen LogP contribution is -2.11. The number of ketones is 1. The summed E-state index contributed by atoms with van der Waals surface area (Å²) in [6, 6.07) is 7.20. The van der Waals surface area contributed by atoms with Gasteiger partial charge in [0.2, 0.25) is 0 Å². The molecule has 0 spiro atoms. The Hall–Kier alpha value is -1.35.